The van der Waals surface area contributed by atoms with Crippen LogP contribution in [0.5, 0.6) is 0 Å². The minimum atomic E-state index is 0.464. The summed E-state index contributed by atoms with van der Waals surface area (Å²) in [6.07, 6.45) is 3.92. The van der Waals surface area contributed by atoms with E-state index in [1.165, 1.54) is 13.0 Å². The summed E-state index contributed by atoms with van der Waals surface area (Å²) >= 11 is 1.88. The molecule has 0 radical (unpaired) electrons. The Bertz CT molecular complexity index is 150. The van der Waals surface area contributed by atoms with Gasteiger partial charge in [0.15, 0.2) is 0 Å². The van der Waals surface area contributed by atoms with Gasteiger partial charge >= 0.3 is 0 Å². The molecular formula is C11H23NOS. The zero-order chi connectivity index (χ0) is 10.4. The van der Waals surface area contributed by atoms with Gasteiger partial charge in [0.2, 0.25) is 0 Å². The van der Waals surface area contributed by atoms with E-state index in [0.29, 0.717) is 6.10 Å². The van der Waals surface area contributed by atoms with Crippen LogP contribution in [-0.4, -0.2) is 49.3 Å². The molecule has 1 atom stereocenters. The second-order valence-corrected chi connectivity index (χ2v) is 5.34. The van der Waals surface area contributed by atoms with Crippen molar-refractivity contribution in [2.75, 3.05) is 38.2 Å². The summed E-state index contributed by atoms with van der Waals surface area (Å²) in [7, 11) is 0. The van der Waals surface area contributed by atoms with Gasteiger partial charge < -0.3 is 4.74 Å². The maximum atomic E-state index is 5.69. The lowest BCUT2D eigenvalue weighted by molar-refractivity contribution is -0.0168. The average molecular weight is 217 g/mol. The Labute approximate surface area is 92.4 Å². The van der Waals surface area contributed by atoms with E-state index in [-0.39, 0.29) is 0 Å². The largest absolute Gasteiger partial charge is 0.375 e. The Balaban J connectivity index is 2.18. The molecule has 0 aromatic carbocycles. The molecule has 1 heterocycles. The van der Waals surface area contributed by atoms with Gasteiger partial charge in [0.1, 0.15) is 0 Å². The van der Waals surface area contributed by atoms with Gasteiger partial charge in [0.05, 0.1) is 12.7 Å². The average Bonchev–Trinajstić information content (AvgIpc) is 2.16. The smallest absolute Gasteiger partial charge is 0.0792 e. The van der Waals surface area contributed by atoms with E-state index in [2.05, 4.69) is 25.0 Å². The lowest BCUT2D eigenvalue weighted by Crippen LogP contribution is -2.44. The number of thioether (sulfide) groups is 1. The molecule has 3 heteroatoms. The maximum absolute atomic E-state index is 5.69. The molecule has 2 nitrogen and oxygen atoms in total. The molecule has 1 rings (SSSR count). The van der Waals surface area contributed by atoms with Crippen LogP contribution in [-0.2, 0) is 4.74 Å². The predicted octanol–water partition coefficient (Wildman–Crippen LogP) is 2.10. The number of rotatable bonds is 5. The summed E-state index contributed by atoms with van der Waals surface area (Å²) in [5.74, 6) is 1.95. The van der Waals surface area contributed by atoms with Gasteiger partial charge in [-0.15, -0.1) is 0 Å². The van der Waals surface area contributed by atoms with E-state index in [4.69, 9.17) is 4.74 Å². The van der Waals surface area contributed by atoms with E-state index >= 15 is 0 Å². The van der Waals surface area contributed by atoms with Crippen molar-refractivity contribution in [2.24, 2.45) is 5.92 Å². The minimum absolute atomic E-state index is 0.464. The first-order chi connectivity index (χ1) is 6.72. The number of nitrogens with zero attached hydrogens (tertiary/aromatic N) is 1. The van der Waals surface area contributed by atoms with Crippen molar-refractivity contribution in [2.45, 2.75) is 26.4 Å². The van der Waals surface area contributed by atoms with Crippen LogP contribution in [0.15, 0.2) is 0 Å². The summed E-state index contributed by atoms with van der Waals surface area (Å²) < 4.78 is 5.69. The monoisotopic (exact) mass is 217 g/mol. The number of hydrogen-bond acceptors (Lipinski definition) is 3. The first-order valence-corrected chi connectivity index (χ1v) is 6.94. The van der Waals surface area contributed by atoms with Crippen LogP contribution in [0.3, 0.4) is 0 Å². The van der Waals surface area contributed by atoms with Gasteiger partial charge in [-0.2, -0.15) is 11.8 Å². The van der Waals surface area contributed by atoms with Crippen LogP contribution in [0.25, 0.3) is 0 Å². The van der Waals surface area contributed by atoms with Crippen LogP contribution >= 0.6 is 11.8 Å². The van der Waals surface area contributed by atoms with Crippen LogP contribution in [0, 0.1) is 5.92 Å². The molecule has 0 bridgehead atoms. The Kier molecular flexibility index (Phi) is 5.90. The zero-order valence-corrected chi connectivity index (χ0v) is 10.5. The Morgan fingerprint density at radius 2 is 2.29 bits per heavy atom. The van der Waals surface area contributed by atoms with E-state index in [0.717, 1.165) is 31.4 Å². The lowest BCUT2D eigenvalue weighted by atomic mass is 10.1. The van der Waals surface area contributed by atoms with Crippen LogP contribution < -0.4 is 0 Å². The van der Waals surface area contributed by atoms with Crippen LogP contribution in [0.4, 0.5) is 0 Å². The molecule has 0 spiro atoms. The molecule has 0 aromatic heterocycles. The van der Waals surface area contributed by atoms with Crippen molar-refractivity contribution in [3.63, 3.8) is 0 Å². The topological polar surface area (TPSA) is 12.5 Å². The normalized spacial score (nSPS) is 24.4. The van der Waals surface area contributed by atoms with E-state index < -0.39 is 0 Å². The Morgan fingerprint density at radius 3 is 2.93 bits per heavy atom. The van der Waals surface area contributed by atoms with Crippen molar-refractivity contribution < 1.29 is 4.74 Å². The second-order valence-electron chi connectivity index (χ2n) is 4.43. The minimum Gasteiger partial charge on any atom is -0.375 e. The summed E-state index contributed by atoms with van der Waals surface area (Å²) in [6.45, 7) is 9.00. The summed E-state index contributed by atoms with van der Waals surface area (Å²) in [4.78, 5) is 2.55. The summed E-state index contributed by atoms with van der Waals surface area (Å²) in [5, 5.41) is 0. The van der Waals surface area contributed by atoms with Gasteiger partial charge in [-0.3, -0.25) is 4.90 Å². The molecule has 0 saturated carbocycles. The molecule has 14 heavy (non-hydrogen) atoms. The van der Waals surface area contributed by atoms with Crippen molar-refractivity contribution in [1.82, 2.24) is 4.90 Å². The highest BCUT2D eigenvalue weighted by Crippen LogP contribution is 2.11. The van der Waals surface area contributed by atoms with Gasteiger partial charge in [-0.25, -0.2) is 0 Å². The molecule has 0 aliphatic carbocycles. The molecule has 0 N–H and O–H groups in total. The van der Waals surface area contributed by atoms with Gasteiger partial charge in [0.25, 0.3) is 0 Å². The highest BCUT2D eigenvalue weighted by atomic mass is 32.2. The third kappa shape index (κ3) is 4.67. The Hall–Kier alpha value is 0.270. The molecule has 0 aromatic rings. The van der Waals surface area contributed by atoms with Crippen molar-refractivity contribution in [1.29, 1.82) is 0 Å². The maximum Gasteiger partial charge on any atom is 0.0792 e. The molecule has 0 amide bonds. The lowest BCUT2D eigenvalue weighted by Gasteiger charge is -2.33. The zero-order valence-electron chi connectivity index (χ0n) is 9.66. The first-order valence-electron chi connectivity index (χ1n) is 5.55. The molecule has 1 fully saturated rings. The quantitative estimate of drug-likeness (QED) is 0.700. The fourth-order valence-corrected chi connectivity index (χ4v) is 2.28. The van der Waals surface area contributed by atoms with Gasteiger partial charge in [-0.1, -0.05) is 13.8 Å². The molecule has 0 unspecified atom stereocenters. The van der Waals surface area contributed by atoms with E-state index in [9.17, 15) is 0 Å². The van der Waals surface area contributed by atoms with Crippen molar-refractivity contribution in [3.05, 3.63) is 0 Å². The SMILES string of the molecule is CSC[C@H]1CN(CCC(C)C)CCO1. The van der Waals surface area contributed by atoms with Gasteiger partial charge in [0, 0.05) is 18.8 Å². The number of hydrogen-bond donors (Lipinski definition) is 0. The fourth-order valence-electron chi connectivity index (χ4n) is 1.71. The number of ether oxygens (including phenoxy) is 1. The first kappa shape index (κ1) is 12.3. The molecule has 1 aliphatic heterocycles. The predicted molar refractivity (Wildman–Crippen MR) is 64.0 cm³/mol. The standard InChI is InChI=1S/C11H23NOS/c1-10(2)4-5-12-6-7-13-11(8-12)9-14-3/h10-11H,4-9H2,1-3H3/t11-/m1/s1. The fraction of sp³-hybridized carbons (Fsp3) is 1.00. The van der Waals surface area contributed by atoms with Crippen LogP contribution in [0.1, 0.15) is 20.3 Å². The van der Waals surface area contributed by atoms with Crippen molar-refractivity contribution >= 4 is 11.8 Å². The molecule has 1 saturated heterocycles. The molecule has 1 aliphatic rings. The second kappa shape index (κ2) is 6.70. The Morgan fingerprint density at radius 1 is 1.50 bits per heavy atom. The number of morpholine rings is 1. The summed E-state index contributed by atoms with van der Waals surface area (Å²) in [5.41, 5.74) is 0. The highest BCUT2D eigenvalue weighted by molar-refractivity contribution is 7.98. The van der Waals surface area contributed by atoms with Crippen LogP contribution in [0.2, 0.25) is 0 Å². The molecule has 84 valence electrons. The van der Waals surface area contributed by atoms with E-state index in [1.807, 2.05) is 11.8 Å². The van der Waals surface area contributed by atoms with E-state index in [1.54, 1.807) is 0 Å². The third-order valence-corrected chi connectivity index (χ3v) is 3.30. The molecular weight excluding hydrogens is 194 g/mol. The van der Waals surface area contributed by atoms with Crippen molar-refractivity contribution in [3.8, 4) is 0 Å². The summed E-state index contributed by atoms with van der Waals surface area (Å²) in [6, 6.07) is 0. The highest BCUT2D eigenvalue weighted by Gasteiger charge is 2.19. The van der Waals surface area contributed by atoms with Gasteiger partial charge in [-0.05, 0) is 25.1 Å². The third-order valence-electron chi connectivity index (χ3n) is 2.60.